The monoisotopic (exact) mass is 326 g/mol. The van der Waals surface area contributed by atoms with Gasteiger partial charge < -0.3 is 4.74 Å². The molecule has 1 aliphatic heterocycles. The van der Waals surface area contributed by atoms with Crippen LogP contribution in [0.25, 0.3) is 0 Å². The average Bonchev–Trinajstić information content (AvgIpc) is 3.11. The van der Waals surface area contributed by atoms with Crippen LogP contribution in [0.4, 0.5) is 0 Å². The minimum absolute atomic E-state index is 0.101. The van der Waals surface area contributed by atoms with Gasteiger partial charge in [-0.25, -0.2) is 9.89 Å². The molecule has 0 amide bonds. The van der Waals surface area contributed by atoms with Crippen LogP contribution in [0.2, 0.25) is 5.02 Å². The highest BCUT2D eigenvalue weighted by atomic mass is 35.5. The highest BCUT2D eigenvalue weighted by Gasteiger charge is 2.19. The number of hydrogen-bond acceptors (Lipinski definition) is 5. The Balaban J connectivity index is 1.71. The lowest BCUT2D eigenvalue weighted by atomic mass is 10.2. The number of halogens is 1. The van der Waals surface area contributed by atoms with Gasteiger partial charge in [0.1, 0.15) is 0 Å². The van der Waals surface area contributed by atoms with E-state index in [0.29, 0.717) is 22.5 Å². The number of thioether (sulfide) groups is 1. The summed E-state index contributed by atoms with van der Waals surface area (Å²) in [5.41, 5.74) is 0.768. The number of nitrogens with zero attached hydrogens (tertiary/aromatic N) is 3. The summed E-state index contributed by atoms with van der Waals surface area (Å²) in [6.07, 6.45) is 5.45. The molecule has 3 rings (SSSR count). The Morgan fingerprint density at radius 2 is 2.48 bits per heavy atom. The number of ether oxygens (including phenoxy) is 1. The molecule has 1 fully saturated rings. The van der Waals surface area contributed by atoms with Crippen LogP contribution < -0.4 is 5.69 Å². The number of pyridine rings is 1. The van der Waals surface area contributed by atoms with E-state index in [1.54, 1.807) is 17.0 Å². The van der Waals surface area contributed by atoms with Gasteiger partial charge in [0, 0.05) is 24.8 Å². The van der Waals surface area contributed by atoms with Gasteiger partial charge in [-0.2, -0.15) is 0 Å². The molecule has 8 heteroatoms. The Hall–Kier alpha value is -1.31. The maximum atomic E-state index is 11.8. The van der Waals surface area contributed by atoms with Crippen LogP contribution in [0.5, 0.6) is 0 Å². The number of aromatic nitrogens is 4. The van der Waals surface area contributed by atoms with E-state index in [1.807, 2.05) is 6.07 Å². The van der Waals surface area contributed by atoms with Crippen LogP contribution >= 0.6 is 23.4 Å². The summed E-state index contributed by atoms with van der Waals surface area (Å²) >= 11 is 7.55. The maximum absolute atomic E-state index is 11.8. The summed E-state index contributed by atoms with van der Waals surface area (Å²) in [4.78, 5) is 15.8. The summed E-state index contributed by atoms with van der Waals surface area (Å²) < 4.78 is 7.21. The second-order valence-corrected chi connectivity index (χ2v) is 6.16. The molecule has 0 aromatic carbocycles. The quantitative estimate of drug-likeness (QED) is 0.852. The number of rotatable bonds is 5. The third kappa shape index (κ3) is 3.48. The maximum Gasteiger partial charge on any atom is 0.344 e. The normalized spacial score (nSPS) is 18.2. The third-order valence-corrected chi connectivity index (χ3v) is 4.71. The summed E-state index contributed by atoms with van der Waals surface area (Å²) in [6, 6.07) is 1.87. The Morgan fingerprint density at radius 1 is 1.57 bits per heavy atom. The summed E-state index contributed by atoms with van der Waals surface area (Å²) in [6.45, 7) is 1.31. The smallest absolute Gasteiger partial charge is 0.344 e. The lowest BCUT2D eigenvalue weighted by Gasteiger charge is -2.11. The Kier molecular flexibility index (Phi) is 4.62. The highest BCUT2D eigenvalue weighted by Crippen LogP contribution is 2.24. The van der Waals surface area contributed by atoms with Crippen molar-refractivity contribution in [1.29, 1.82) is 0 Å². The molecular formula is C13H15ClN4O2S. The van der Waals surface area contributed by atoms with E-state index < -0.39 is 0 Å². The molecule has 6 nitrogen and oxygen atoms in total. The standard InChI is InChI=1S/C13H15ClN4O2S/c14-11-6-15-4-3-9(11)8-21-13-17-16-12(19)18(13)7-10-2-1-5-20-10/h3-4,6,10H,1-2,5,7-8H2,(H,16,19)/t10-/m1/s1. The van der Waals surface area contributed by atoms with Gasteiger partial charge in [0.05, 0.1) is 17.7 Å². The van der Waals surface area contributed by atoms with Gasteiger partial charge in [-0.15, -0.1) is 5.10 Å². The summed E-state index contributed by atoms with van der Waals surface area (Å²) in [5.74, 6) is 0.636. The van der Waals surface area contributed by atoms with Crippen molar-refractivity contribution in [2.45, 2.75) is 36.4 Å². The molecule has 1 saturated heterocycles. The van der Waals surface area contributed by atoms with Crippen molar-refractivity contribution in [2.75, 3.05) is 6.61 Å². The van der Waals surface area contributed by atoms with E-state index >= 15 is 0 Å². The predicted molar refractivity (Wildman–Crippen MR) is 80.6 cm³/mol. The van der Waals surface area contributed by atoms with Crippen molar-refractivity contribution >= 4 is 23.4 Å². The van der Waals surface area contributed by atoms with Gasteiger partial charge in [0.15, 0.2) is 5.16 Å². The van der Waals surface area contributed by atoms with E-state index in [-0.39, 0.29) is 11.8 Å². The minimum Gasteiger partial charge on any atom is -0.376 e. The van der Waals surface area contributed by atoms with Gasteiger partial charge in [0.25, 0.3) is 0 Å². The van der Waals surface area contributed by atoms with Gasteiger partial charge in [-0.3, -0.25) is 9.55 Å². The summed E-state index contributed by atoms with van der Waals surface area (Å²) in [5, 5.41) is 7.85. The second kappa shape index (κ2) is 6.64. The molecule has 2 aromatic heterocycles. The molecule has 1 aliphatic rings. The number of hydrogen-bond donors (Lipinski definition) is 1. The molecule has 21 heavy (non-hydrogen) atoms. The average molecular weight is 327 g/mol. The molecule has 0 radical (unpaired) electrons. The van der Waals surface area contributed by atoms with Crippen molar-refractivity contribution in [2.24, 2.45) is 0 Å². The van der Waals surface area contributed by atoms with E-state index in [1.165, 1.54) is 11.8 Å². The first-order chi connectivity index (χ1) is 10.2. The van der Waals surface area contributed by atoms with Crippen LogP contribution in [0.1, 0.15) is 18.4 Å². The van der Waals surface area contributed by atoms with E-state index in [2.05, 4.69) is 15.2 Å². The molecule has 0 spiro atoms. The zero-order valence-corrected chi connectivity index (χ0v) is 12.9. The van der Waals surface area contributed by atoms with Crippen molar-refractivity contribution in [3.8, 4) is 0 Å². The lowest BCUT2D eigenvalue weighted by Crippen LogP contribution is -2.24. The number of aromatic amines is 1. The summed E-state index contributed by atoms with van der Waals surface area (Å²) in [7, 11) is 0. The van der Waals surface area contributed by atoms with Crippen LogP contribution in [-0.4, -0.2) is 32.5 Å². The highest BCUT2D eigenvalue weighted by molar-refractivity contribution is 7.98. The fourth-order valence-electron chi connectivity index (χ4n) is 2.23. The first-order valence-corrected chi connectivity index (χ1v) is 8.08. The van der Waals surface area contributed by atoms with Gasteiger partial charge in [-0.05, 0) is 24.5 Å². The Bertz CT molecular complexity index is 666. The number of nitrogens with one attached hydrogen (secondary N) is 1. The van der Waals surface area contributed by atoms with Crippen molar-refractivity contribution in [3.63, 3.8) is 0 Å². The molecule has 3 heterocycles. The van der Waals surface area contributed by atoms with Crippen LogP contribution in [0.3, 0.4) is 0 Å². The molecule has 112 valence electrons. The fraction of sp³-hybridized carbons (Fsp3) is 0.462. The van der Waals surface area contributed by atoms with Crippen molar-refractivity contribution in [1.82, 2.24) is 19.7 Å². The van der Waals surface area contributed by atoms with Crippen LogP contribution in [0, 0.1) is 0 Å². The predicted octanol–water partition coefficient (Wildman–Crippen LogP) is 2.09. The fourth-order valence-corrected chi connectivity index (χ4v) is 3.45. The van der Waals surface area contributed by atoms with Crippen LogP contribution in [-0.2, 0) is 17.0 Å². The molecule has 0 bridgehead atoms. The van der Waals surface area contributed by atoms with Crippen molar-refractivity contribution in [3.05, 3.63) is 39.5 Å². The molecule has 0 unspecified atom stereocenters. The largest absolute Gasteiger partial charge is 0.376 e. The topological polar surface area (TPSA) is 72.8 Å². The SMILES string of the molecule is O=c1[nH]nc(SCc2ccncc2Cl)n1C[C@H]1CCCO1. The van der Waals surface area contributed by atoms with Gasteiger partial charge >= 0.3 is 5.69 Å². The molecule has 2 aromatic rings. The van der Waals surface area contributed by atoms with Crippen LogP contribution in [0.15, 0.2) is 28.4 Å². The van der Waals surface area contributed by atoms with Crippen molar-refractivity contribution < 1.29 is 4.74 Å². The second-order valence-electron chi connectivity index (χ2n) is 4.81. The first kappa shape index (κ1) is 14.6. The Labute approximate surface area is 130 Å². The Morgan fingerprint density at radius 3 is 3.24 bits per heavy atom. The van der Waals surface area contributed by atoms with Gasteiger partial charge in [-0.1, -0.05) is 23.4 Å². The molecular weight excluding hydrogens is 312 g/mol. The molecule has 1 atom stereocenters. The van der Waals surface area contributed by atoms with E-state index in [0.717, 1.165) is 25.0 Å². The van der Waals surface area contributed by atoms with Gasteiger partial charge in [0.2, 0.25) is 0 Å². The third-order valence-electron chi connectivity index (χ3n) is 3.35. The number of H-pyrrole nitrogens is 1. The molecule has 0 aliphatic carbocycles. The first-order valence-electron chi connectivity index (χ1n) is 6.72. The molecule has 1 N–H and O–H groups in total. The minimum atomic E-state index is -0.200. The zero-order valence-electron chi connectivity index (χ0n) is 11.3. The zero-order chi connectivity index (χ0) is 14.7. The van der Waals surface area contributed by atoms with E-state index in [4.69, 9.17) is 16.3 Å². The molecule has 0 saturated carbocycles. The lowest BCUT2D eigenvalue weighted by molar-refractivity contribution is 0.0941. The van der Waals surface area contributed by atoms with E-state index in [9.17, 15) is 4.79 Å².